The number of nitrogens with zero attached hydrogens (tertiary/aromatic N) is 1. The molecule has 8 heteroatoms. The van der Waals surface area contributed by atoms with Crippen LogP contribution in [0.3, 0.4) is 0 Å². The van der Waals surface area contributed by atoms with Gasteiger partial charge in [-0.1, -0.05) is 12.1 Å². The lowest BCUT2D eigenvalue weighted by molar-refractivity contribution is -0.136. The predicted molar refractivity (Wildman–Crippen MR) is 85.6 cm³/mol. The zero-order valence-corrected chi connectivity index (χ0v) is 12.7. The summed E-state index contributed by atoms with van der Waals surface area (Å²) in [5.41, 5.74) is 11.3. The predicted octanol–water partition coefficient (Wildman–Crippen LogP) is -1.03. The van der Waals surface area contributed by atoms with Crippen molar-refractivity contribution in [1.29, 1.82) is 0 Å². The summed E-state index contributed by atoms with van der Waals surface area (Å²) in [7, 11) is 0. The van der Waals surface area contributed by atoms with Crippen molar-refractivity contribution in [1.82, 2.24) is 10.6 Å². The minimum atomic E-state index is -0.610. The molecule has 23 heavy (non-hydrogen) atoms. The van der Waals surface area contributed by atoms with Crippen molar-refractivity contribution in [2.45, 2.75) is 31.3 Å². The van der Waals surface area contributed by atoms with Gasteiger partial charge in [-0.05, 0) is 30.5 Å². The van der Waals surface area contributed by atoms with Crippen molar-refractivity contribution < 1.29 is 14.7 Å². The summed E-state index contributed by atoms with van der Waals surface area (Å²) in [6, 6.07) is 5.36. The van der Waals surface area contributed by atoms with Crippen molar-refractivity contribution in [2.75, 3.05) is 6.54 Å². The van der Waals surface area contributed by atoms with Gasteiger partial charge in [-0.3, -0.25) is 14.6 Å². The first-order chi connectivity index (χ1) is 11.0. The maximum atomic E-state index is 12.1. The summed E-state index contributed by atoms with van der Waals surface area (Å²) in [6.07, 6.45) is 1.44. The molecule has 1 heterocycles. The average molecular weight is 319 g/mol. The third-order valence-corrected chi connectivity index (χ3v) is 3.59. The van der Waals surface area contributed by atoms with Crippen LogP contribution in [0.2, 0.25) is 0 Å². The Hall–Kier alpha value is -2.77. The van der Waals surface area contributed by atoms with Crippen molar-refractivity contribution in [2.24, 2.45) is 16.5 Å². The second-order valence-electron chi connectivity index (χ2n) is 5.44. The Morgan fingerprint density at radius 3 is 2.35 bits per heavy atom. The molecule has 1 fully saturated rings. The topological polar surface area (TPSA) is 143 Å². The molecule has 1 aromatic carbocycles. The van der Waals surface area contributed by atoms with Crippen LogP contribution in [0.4, 0.5) is 0 Å². The minimum Gasteiger partial charge on any atom is -0.508 e. The highest BCUT2D eigenvalue weighted by Crippen LogP contribution is 2.13. The van der Waals surface area contributed by atoms with E-state index in [2.05, 4.69) is 15.6 Å². The molecule has 2 atom stereocenters. The van der Waals surface area contributed by atoms with Crippen LogP contribution >= 0.6 is 0 Å². The van der Waals surface area contributed by atoms with Gasteiger partial charge in [0, 0.05) is 13.0 Å². The number of phenols is 1. The summed E-state index contributed by atoms with van der Waals surface area (Å²) >= 11 is 0. The Morgan fingerprint density at radius 1 is 1.09 bits per heavy atom. The molecular formula is C15H21N5O3. The van der Waals surface area contributed by atoms with Gasteiger partial charge in [0.15, 0.2) is 5.96 Å². The Morgan fingerprint density at radius 2 is 1.70 bits per heavy atom. The number of benzene rings is 1. The van der Waals surface area contributed by atoms with Crippen LogP contribution in [0.15, 0.2) is 29.3 Å². The molecule has 1 aromatic rings. The largest absolute Gasteiger partial charge is 0.508 e. The lowest BCUT2D eigenvalue weighted by Gasteiger charge is -2.29. The summed E-state index contributed by atoms with van der Waals surface area (Å²) in [6.45, 7) is 0.416. The highest BCUT2D eigenvalue weighted by molar-refractivity contribution is 5.97. The van der Waals surface area contributed by atoms with Crippen LogP contribution in [0.25, 0.3) is 0 Å². The van der Waals surface area contributed by atoms with Crippen LogP contribution in [0.1, 0.15) is 18.4 Å². The van der Waals surface area contributed by atoms with Gasteiger partial charge in [0.25, 0.3) is 0 Å². The molecule has 124 valence electrons. The van der Waals surface area contributed by atoms with E-state index in [0.717, 1.165) is 5.56 Å². The second kappa shape index (κ2) is 7.48. The number of carbonyl (C=O) groups excluding carboxylic acids is 2. The number of hydrogen-bond acceptors (Lipinski definition) is 4. The third kappa shape index (κ3) is 4.87. The van der Waals surface area contributed by atoms with Crippen LogP contribution in [0.5, 0.6) is 5.75 Å². The molecule has 0 unspecified atom stereocenters. The summed E-state index contributed by atoms with van der Waals surface area (Å²) < 4.78 is 0. The van der Waals surface area contributed by atoms with E-state index >= 15 is 0 Å². The van der Waals surface area contributed by atoms with E-state index in [1.807, 2.05) is 0 Å². The van der Waals surface area contributed by atoms with Crippen molar-refractivity contribution in [3.8, 4) is 5.75 Å². The van der Waals surface area contributed by atoms with Gasteiger partial charge in [-0.25, -0.2) is 0 Å². The number of aliphatic imine (C=N–C) groups is 1. The zero-order chi connectivity index (χ0) is 16.8. The Labute approximate surface area is 134 Å². The Balaban J connectivity index is 1.86. The molecule has 2 amide bonds. The molecule has 1 aliphatic heterocycles. The highest BCUT2D eigenvalue weighted by Gasteiger charge is 2.33. The summed E-state index contributed by atoms with van der Waals surface area (Å²) in [4.78, 5) is 28.0. The van der Waals surface area contributed by atoms with Gasteiger partial charge >= 0.3 is 0 Å². The quantitative estimate of drug-likeness (QED) is 0.259. The first-order valence-electron chi connectivity index (χ1n) is 7.40. The molecular weight excluding hydrogens is 298 g/mol. The molecule has 0 aliphatic carbocycles. The smallest absolute Gasteiger partial charge is 0.243 e. The number of nitrogens with one attached hydrogen (secondary N) is 2. The molecule has 0 bridgehead atoms. The number of guanidine groups is 1. The van der Waals surface area contributed by atoms with Crippen LogP contribution in [-0.2, 0) is 16.0 Å². The monoisotopic (exact) mass is 319 g/mol. The number of amides is 2. The van der Waals surface area contributed by atoms with E-state index in [1.54, 1.807) is 24.3 Å². The van der Waals surface area contributed by atoms with Gasteiger partial charge < -0.3 is 27.2 Å². The van der Waals surface area contributed by atoms with Crippen molar-refractivity contribution >= 4 is 17.8 Å². The molecule has 0 radical (unpaired) electrons. The molecule has 7 N–H and O–H groups in total. The van der Waals surface area contributed by atoms with Gasteiger partial charge in [0.2, 0.25) is 11.8 Å². The molecule has 0 aromatic heterocycles. The molecule has 1 saturated heterocycles. The maximum absolute atomic E-state index is 12.1. The Bertz CT molecular complexity index is 596. The molecule has 0 saturated carbocycles. The number of nitrogens with two attached hydrogens (primary N) is 2. The van der Waals surface area contributed by atoms with E-state index in [4.69, 9.17) is 11.5 Å². The van der Waals surface area contributed by atoms with E-state index in [9.17, 15) is 14.7 Å². The third-order valence-electron chi connectivity index (χ3n) is 3.59. The lowest BCUT2D eigenvalue weighted by atomic mass is 10.00. The van der Waals surface area contributed by atoms with Crippen LogP contribution < -0.4 is 22.1 Å². The van der Waals surface area contributed by atoms with Gasteiger partial charge in [0.05, 0.1) is 0 Å². The standard InChI is InChI=1S/C15H21N5O3/c16-15(17)18-7-1-2-11-13(22)20-12(14(23)19-11)8-9-3-5-10(21)6-4-9/h3-6,11-12,21H,1-2,7-8H2,(H,19,23)(H,20,22)(H4,16,17,18)/t11-,12+/m1/s1. The van der Waals surface area contributed by atoms with E-state index < -0.39 is 12.1 Å². The number of aromatic hydroxyl groups is 1. The zero-order valence-electron chi connectivity index (χ0n) is 12.7. The number of hydrogen-bond donors (Lipinski definition) is 5. The van der Waals surface area contributed by atoms with Crippen molar-refractivity contribution in [3.05, 3.63) is 29.8 Å². The van der Waals surface area contributed by atoms with Crippen LogP contribution in [-0.4, -0.2) is 41.5 Å². The first-order valence-corrected chi connectivity index (χ1v) is 7.40. The molecule has 0 spiro atoms. The number of carbonyl (C=O) groups is 2. The van der Waals surface area contributed by atoms with E-state index in [1.165, 1.54) is 0 Å². The van der Waals surface area contributed by atoms with E-state index in [0.29, 0.717) is 25.8 Å². The molecule has 1 aliphatic rings. The minimum absolute atomic E-state index is 0.0103. The maximum Gasteiger partial charge on any atom is 0.243 e. The van der Waals surface area contributed by atoms with Gasteiger partial charge in [-0.15, -0.1) is 0 Å². The number of piperazine rings is 1. The molecule has 2 rings (SSSR count). The fraction of sp³-hybridized carbons (Fsp3) is 0.400. The Kier molecular flexibility index (Phi) is 5.40. The summed E-state index contributed by atoms with van der Waals surface area (Å²) in [5.74, 6) is -0.259. The fourth-order valence-electron chi connectivity index (χ4n) is 2.39. The lowest BCUT2D eigenvalue weighted by Crippen LogP contribution is -2.62. The van der Waals surface area contributed by atoms with Gasteiger partial charge in [0.1, 0.15) is 17.8 Å². The average Bonchev–Trinajstić information content (AvgIpc) is 2.50. The highest BCUT2D eigenvalue weighted by atomic mass is 16.3. The van der Waals surface area contributed by atoms with Crippen molar-refractivity contribution in [3.63, 3.8) is 0 Å². The second-order valence-corrected chi connectivity index (χ2v) is 5.44. The summed E-state index contributed by atoms with van der Waals surface area (Å²) in [5, 5.41) is 14.7. The fourth-order valence-corrected chi connectivity index (χ4v) is 2.39. The molecule has 8 nitrogen and oxygen atoms in total. The van der Waals surface area contributed by atoms with Gasteiger partial charge in [-0.2, -0.15) is 0 Å². The number of phenolic OH excluding ortho intramolecular Hbond substituents is 1. The number of rotatable bonds is 6. The van der Waals surface area contributed by atoms with Crippen LogP contribution in [0, 0.1) is 0 Å². The normalized spacial score (nSPS) is 20.5. The van der Waals surface area contributed by atoms with E-state index in [-0.39, 0.29) is 23.5 Å². The SMILES string of the molecule is NC(N)=NCCC[C@H]1NC(=O)[C@H](Cc2ccc(O)cc2)NC1=O. The first kappa shape index (κ1) is 16.6.